The molecule has 2 atom stereocenters. The predicted octanol–water partition coefficient (Wildman–Crippen LogP) is 4.10. The minimum atomic E-state index is -3.75. The molecule has 0 unspecified atom stereocenters. The molecule has 2 aromatic carbocycles. The van der Waals surface area contributed by atoms with E-state index in [1.807, 2.05) is 25.1 Å². The van der Waals surface area contributed by atoms with Crippen molar-refractivity contribution in [3.63, 3.8) is 0 Å². The third kappa shape index (κ3) is 5.71. The summed E-state index contributed by atoms with van der Waals surface area (Å²) in [4.78, 5) is 13.0. The molecule has 168 valence electrons. The van der Waals surface area contributed by atoms with E-state index in [1.54, 1.807) is 0 Å². The Balaban J connectivity index is 1.62. The molecule has 1 saturated heterocycles. The molecule has 0 aromatic heterocycles. The van der Waals surface area contributed by atoms with Gasteiger partial charge < -0.3 is 5.32 Å². The highest BCUT2D eigenvalue weighted by Gasteiger charge is 2.34. The molecule has 5 nitrogen and oxygen atoms in total. The molecule has 7 heteroatoms. The third-order valence-electron chi connectivity index (χ3n) is 5.97. The van der Waals surface area contributed by atoms with E-state index < -0.39 is 21.8 Å². The third-order valence-corrected chi connectivity index (χ3v) is 7.85. The lowest BCUT2D eigenvalue weighted by Gasteiger charge is -2.33. The molecule has 0 bridgehead atoms. The summed E-state index contributed by atoms with van der Waals surface area (Å²) in [5.74, 6) is -0.996. The fraction of sp³-hybridized carbons (Fsp3) is 0.458. The number of amides is 1. The van der Waals surface area contributed by atoms with Crippen molar-refractivity contribution in [2.24, 2.45) is 5.92 Å². The molecule has 1 heterocycles. The number of carbonyl (C=O) groups excluding carboxylic acids is 1. The van der Waals surface area contributed by atoms with Crippen molar-refractivity contribution in [3.8, 4) is 0 Å². The van der Waals surface area contributed by atoms with E-state index in [2.05, 4.69) is 31.3 Å². The summed E-state index contributed by atoms with van der Waals surface area (Å²) in [6, 6.07) is 14.9. The lowest BCUT2D eigenvalue weighted by atomic mass is 9.79. The Kier molecular flexibility index (Phi) is 7.17. The number of nitrogens with zero attached hydrogens (tertiary/aromatic N) is 1. The van der Waals surface area contributed by atoms with Gasteiger partial charge >= 0.3 is 0 Å². The second kappa shape index (κ2) is 9.49. The fourth-order valence-corrected chi connectivity index (χ4v) is 5.84. The van der Waals surface area contributed by atoms with Crippen LogP contribution in [0.25, 0.3) is 0 Å². The van der Waals surface area contributed by atoms with Crippen LogP contribution in [0.1, 0.15) is 45.6 Å². The van der Waals surface area contributed by atoms with Gasteiger partial charge in [-0.1, -0.05) is 44.2 Å². The van der Waals surface area contributed by atoms with Gasteiger partial charge in [-0.25, -0.2) is 12.8 Å². The molecule has 0 radical (unpaired) electrons. The summed E-state index contributed by atoms with van der Waals surface area (Å²) >= 11 is 0. The summed E-state index contributed by atoms with van der Waals surface area (Å²) in [6.45, 7) is 6.80. The number of carbonyl (C=O) groups is 1. The highest BCUT2D eigenvalue weighted by atomic mass is 32.2. The van der Waals surface area contributed by atoms with Gasteiger partial charge in [0.15, 0.2) is 0 Å². The lowest BCUT2D eigenvalue weighted by Crippen LogP contribution is -2.47. The zero-order valence-corrected chi connectivity index (χ0v) is 19.2. The smallest absolute Gasteiger partial charge is 0.243 e. The second-order valence-electron chi connectivity index (χ2n) is 9.02. The molecule has 3 rings (SSSR count). The summed E-state index contributed by atoms with van der Waals surface area (Å²) in [7, 11) is -3.75. The topological polar surface area (TPSA) is 66.5 Å². The normalized spacial score (nSPS) is 19.0. The quantitative estimate of drug-likeness (QED) is 0.696. The molecule has 2 aromatic rings. The van der Waals surface area contributed by atoms with Crippen LogP contribution in [0.15, 0.2) is 59.5 Å². The van der Waals surface area contributed by atoms with Crippen molar-refractivity contribution >= 4 is 15.9 Å². The van der Waals surface area contributed by atoms with Crippen LogP contribution >= 0.6 is 0 Å². The number of hydrogen-bond donors (Lipinski definition) is 1. The number of sulfonamides is 1. The highest BCUT2D eigenvalue weighted by Crippen LogP contribution is 2.29. The first-order valence-corrected chi connectivity index (χ1v) is 12.2. The molecular formula is C24H31FN2O3S. The number of halogens is 1. The van der Waals surface area contributed by atoms with Crippen molar-refractivity contribution < 1.29 is 17.6 Å². The molecule has 1 amide bonds. The maximum atomic E-state index is 13.2. The van der Waals surface area contributed by atoms with E-state index in [-0.39, 0.29) is 28.8 Å². The van der Waals surface area contributed by atoms with Crippen LogP contribution in [0.5, 0.6) is 0 Å². The maximum Gasteiger partial charge on any atom is 0.243 e. The van der Waals surface area contributed by atoms with E-state index >= 15 is 0 Å². The van der Waals surface area contributed by atoms with Crippen LogP contribution in [0.3, 0.4) is 0 Å². The van der Waals surface area contributed by atoms with E-state index in [0.717, 1.165) is 18.6 Å². The molecule has 1 aliphatic rings. The minimum Gasteiger partial charge on any atom is -0.353 e. The molecule has 0 spiro atoms. The zero-order valence-electron chi connectivity index (χ0n) is 18.3. The van der Waals surface area contributed by atoms with Crippen molar-refractivity contribution in [1.82, 2.24) is 9.62 Å². The van der Waals surface area contributed by atoms with Crippen LogP contribution in [-0.2, 0) is 20.2 Å². The van der Waals surface area contributed by atoms with Crippen molar-refractivity contribution in [2.75, 3.05) is 13.1 Å². The Morgan fingerprint density at radius 1 is 1.16 bits per heavy atom. The SMILES string of the molecule is C[C@H](CC(C)(C)c1ccccc1)NC(=O)[C@@H]1CCCN(S(=O)(=O)c2ccc(F)cc2)C1. The van der Waals surface area contributed by atoms with Crippen LogP contribution < -0.4 is 5.32 Å². The highest BCUT2D eigenvalue weighted by molar-refractivity contribution is 7.89. The molecule has 1 N–H and O–H groups in total. The molecule has 0 aliphatic carbocycles. The number of nitrogens with one attached hydrogen (secondary N) is 1. The second-order valence-corrected chi connectivity index (χ2v) is 11.0. The van der Waals surface area contributed by atoms with Crippen LogP contribution in [0, 0.1) is 11.7 Å². The Labute approximate surface area is 184 Å². The monoisotopic (exact) mass is 446 g/mol. The first-order chi connectivity index (χ1) is 14.6. The molecular weight excluding hydrogens is 415 g/mol. The van der Waals surface area contributed by atoms with Crippen molar-refractivity contribution in [2.45, 2.75) is 56.4 Å². The van der Waals surface area contributed by atoms with E-state index in [9.17, 15) is 17.6 Å². The van der Waals surface area contributed by atoms with Crippen molar-refractivity contribution in [3.05, 3.63) is 66.0 Å². The van der Waals surface area contributed by atoms with Gasteiger partial charge in [0, 0.05) is 19.1 Å². The van der Waals surface area contributed by atoms with Gasteiger partial charge in [-0.15, -0.1) is 0 Å². The Morgan fingerprint density at radius 2 is 1.81 bits per heavy atom. The van der Waals surface area contributed by atoms with Gasteiger partial charge in [-0.2, -0.15) is 4.31 Å². The Morgan fingerprint density at radius 3 is 2.45 bits per heavy atom. The fourth-order valence-electron chi connectivity index (χ4n) is 4.31. The van der Waals surface area contributed by atoms with Gasteiger partial charge in [0.2, 0.25) is 15.9 Å². The van der Waals surface area contributed by atoms with E-state index in [0.29, 0.717) is 19.4 Å². The Hall–Kier alpha value is -2.25. The molecule has 0 saturated carbocycles. The summed E-state index contributed by atoms with van der Waals surface area (Å²) in [5, 5.41) is 3.08. The van der Waals surface area contributed by atoms with Crippen LogP contribution in [0.2, 0.25) is 0 Å². The van der Waals surface area contributed by atoms with Gasteiger partial charge in [0.25, 0.3) is 0 Å². The number of rotatable bonds is 7. The zero-order chi connectivity index (χ0) is 22.6. The van der Waals surface area contributed by atoms with Gasteiger partial charge in [0.1, 0.15) is 5.82 Å². The molecule has 1 fully saturated rings. The average Bonchev–Trinajstić information content (AvgIpc) is 2.74. The Bertz CT molecular complexity index is 991. The minimum absolute atomic E-state index is 0.0490. The average molecular weight is 447 g/mol. The summed E-state index contributed by atoms with van der Waals surface area (Å²) < 4.78 is 40.3. The summed E-state index contributed by atoms with van der Waals surface area (Å²) in [5.41, 5.74) is 1.11. The number of piperidine rings is 1. The van der Waals surface area contributed by atoms with Crippen molar-refractivity contribution in [1.29, 1.82) is 0 Å². The first-order valence-electron chi connectivity index (χ1n) is 10.7. The number of benzene rings is 2. The van der Waals surface area contributed by atoms with E-state index in [4.69, 9.17) is 0 Å². The number of hydrogen-bond acceptors (Lipinski definition) is 3. The summed E-state index contributed by atoms with van der Waals surface area (Å²) in [6.07, 6.45) is 2.03. The maximum absolute atomic E-state index is 13.2. The first kappa shape index (κ1) is 23.4. The van der Waals surface area contributed by atoms with E-state index in [1.165, 1.54) is 22.0 Å². The molecule has 31 heavy (non-hydrogen) atoms. The molecule has 1 aliphatic heterocycles. The lowest BCUT2D eigenvalue weighted by molar-refractivity contribution is -0.126. The largest absolute Gasteiger partial charge is 0.353 e. The standard InChI is InChI=1S/C24H31FN2O3S/c1-18(16-24(2,3)20-9-5-4-6-10-20)26-23(28)19-8-7-15-27(17-19)31(29,30)22-13-11-21(25)12-14-22/h4-6,9-14,18-19H,7-8,15-17H2,1-3H3,(H,26,28)/t18-,19-/m1/s1. The van der Waals surface area contributed by atoms with Gasteiger partial charge in [0.05, 0.1) is 10.8 Å². The van der Waals surface area contributed by atoms with Gasteiger partial charge in [-0.05, 0) is 61.4 Å². The van der Waals surface area contributed by atoms with Crippen LogP contribution in [0.4, 0.5) is 4.39 Å². The van der Waals surface area contributed by atoms with Crippen LogP contribution in [-0.4, -0.2) is 37.8 Å². The predicted molar refractivity (Wildman–Crippen MR) is 120 cm³/mol. The van der Waals surface area contributed by atoms with Gasteiger partial charge in [-0.3, -0.25) is 4.79 Å².